The van der Waals surface area contributed by atoms with Crippen molar-refractivity contribution in [2.75, 3.05) is 26.7 Å². The Balaban J connectivity index is 2.09. The van der Waals surface area contributed by atoms with Gasteiger partial charge in [-0.1, -0.05) is 6.92 Å². The van der Waals surface area contributed by atoms with E-state index < -0.39 is 0 Å². The third kappa shape index (κ3) is 5.28. The van der Waals surface area contributed by atoms with E-state index in [-0.39, 0.29) is 0 Å². The molecule has 4 heteroatoms. The van der Waals surface area contributed by atoms with E-state index in [9.17, 15) is 0 Å². The zero-order valence-electron chi connectivity index (χ0n) is 10.7. The highest BCUT2D eigenvalue weighted by Gasteiger charge is 2.01. The van der Waals surface area contributed by atoms with Crippen LogP contribution in [0, 0.1) is 0 Å². The Labute approximate surface area is 98.6 Å². The molecule has 0 spiro atoms. The largest absolute Gasteiger partial charge is 0.317 e. The molecule has 0 amide bonds. The Morgan fingerprint density at radius 1 is 1.44 bits per heavy atom. The van der Waals surface area contributed by atoms with Crippen LogP contribution in [0.2, 0.25) is 0 Å². The normalized spacial score (nSPS) is 11.2. The van der Waals surface area contributed by atoms with Crippen molar-refractivity contribution in [3.8, 4) is 0 Å². The van der Waals surface area contributed by atoms with Gasteiger partial charge in [-0.2, -0.15) is 5.10 Å². The number of nitrogens with one attached hydrogen (secondary N) is 1. The van der Waals surface area contributed by atoms with Gasteiger partial charge in [0.25, 0.3) is 0 Å². The Kier molecular flexibility index (Phi) is 6.11. The molecule has 1 heterocycles. The highest BCUT2D eigenvalue weighted by atomic mass is 15.2. The van der Waals surface area contributed by atoms with Crippen molar-refractivity contribution in [3.63, 3.8) is 0 Å². The molecule has 1 rings (SSSR count). The molecule has 1 N–H and O–H groups in total. The monoisotopic (exact) mass is 224 g/mol. The lowest BCUT2D eigenvalue weighted by atomic mass is 10.2. The van der Waals surface area contributed by atoms with Gasteiger partial charge in [0, 0.05) is 25.4 Å². The molecule has 0 saturated carbocycles. The summed E-state index contributed by atoms with van der Waals surface area (Å²) in [5.41, 5.74) is 1.29. The van der Waals surface area contributed by atoms with Crippen molar-refractivity contribution in [3.05, 3.63) is 18.0 Å². The number of hydrogen-bond donors (Lipinski definition) is 1. The fourth-order valence-corrected chi connectivity index (χ4v) is 1.75. The summed E-state index contributed by atoms with van der Waals surface area (Å²) in [6, 6.07) is 0. The van der Waals surface area contributed by atoms with Crippen molar-refractivity contribution in [2.45, 2.75) is 26.3 Å². The minimum absolute atomic E-state index is 0.995. The van der Waals surface area contributed by atoms with Gasteiger partial charge in [-0.25, -0.2) is 0 Å². The average Bonchev–Trinajstić information content (AvgIpc) is 2.63. The summed E-state index contributed by atoms with van der Waals surface area (Å²) in [5.74, 6) is 0. The molecule has 0 aliphatic heterocycles. The summed E-state index contributed by atoms with van der Waals surface area (Å²) in [7, 11) is 4.13. The van der Waals surface area contributed by atoms with Gasteiger partial charge >= 0.3 is 0 Å². The van der Waals surface area contributed by atoms with Crippen LogP contribution in [-0.4, -0.2) is 41.4 Å². The lowest BCUT2D eigenvalue weighted by molar-refractivity contribution is 0.318. The van der Waals surface area contributed by atoms with E-state index >= 15 is 0 Å². The van der Waals surface area contributed by atoms with E-state index in [0.29, 0.717) is 0 Å². The molecule has 0 aromatic carbocycles. The number of nitrogens with zero attached hydrogens (tertiary/aromatic N) is 3. The van der Waals surface area contributed by atoms with Crippen molar-refractivity contribution in [2.24, 2.45) is 7.05 Å². The Morgan fingerprint density at radius 3 is 2.88 bits per heavy atom. The molecule has 0 fully saturated rings. The van der Waals surface area contributed by atoms with E-state index in [0.717, 1.165) is 26.2 Å². The van der Waals surface area contributed by atoms with Crippen molar-refractivity contribution in [1.82, 2.24) is 20.0 Å². The number of hydrogen-bond acceptors (Lipinski definition) is 3. The summed E-state index contributed by atoms with van der Waals surface area (Å²) in [4.78, 5) is 2.35. The van der Waals surface area contributed by atoms with Crippen LogP contribution in [-0.2, 0) is 13.6 Å². The Hall–Kier alpha value is -0.870. The van der Waals surface area contributed by atoms with Crippen LogP contribution in [0.3, 0.4) is 0 Å². The maximum atomic E-state index is 4.17. The smallest absolute Gasteiger partial charge is 0.0534 e. The van der Waals surface area contributed by atoms with Crippen molar-refractivity contribution >= 4 is 0 Å². The second kappa shape index (κ2) is 7.41. The third-order valence-electron chi connectivity index (χ3n) is 2.60. The summed E-state index contributed by atoms with van der Waals surface area (Å²) >= 11 is 0. The van der Waals surface area contributed by atoms with Crippen LogP contribution in [0.5, 0.6) is 0 Å². The van der Waals surface area contributed by atoms with Crippen LogP contribution in [0.15, 0.2) is 12.4 Å². The molecule has 0 aliphatic rings. The highest BCUT2D eigenvalue weighted by Crippen LogP contribution is 2.02. The number of aryl methyl sites for hydroxylation is 1. The maximum Gasteiger partial charge on any atom is 0.0534 e. The van der Waals surface area contributed by atoms with Crippen molar-refractivity contribution in [1.29, 1.82) is 0 Å². The fourth-order valence-electron chi connectivity index (χ4n) is 1.75. The minimum atomic E-state index is 0.995. The van der Waals surface area contributed by atoms with Gasteiger partial charge in [0.15, 0.2) is 0 Å². The van der Waals surface area contributed by atoms with E-state index in [1.807, 2.05) is 17.9 Å². The SMILES string of the molecule is CCNCCCCN(C)Cc1cnn(C)c1. The molecule has 0 aliphatic carbocycles. The lowest BCUT2D eigenvalue weighted by Crippen LogP contribution is -2.21. The maximum absolute atomic E-state index is 4.17. The van der Waals surface area contributed by atoms with Crippen LogP contribution >= 0.6 is 0 Å². The van der Waals surface area contributed by atoms with E-state index in [4.69, 9.17) is 0 Å². The molecule has 4 nitrogen and oxygen atoms in total. The molecule has 0 unspecified atom stereocenters. The van der Waals surface area contributed by atoms with Crippen molar-refractivity contribution < 1.29 is 0 Å². The molecule has 0 radical (unpaired) electrons. The summed E-state index contributed by atoms with van der Waals surface area (Å²) in [6.07, 6.45) is 6.53. The molecule has 0 bridgehead atoms. The first-order chi connectivity index (χ1) is 7.72. The van der Waals surface area contributed by atoms with Crippen LogP contribution in [0.1, 0.15) is 25.3 Å². The first-order valence-electron chi connectivity index (χ1n) is 6.09. The number of aromatic nitrogens is 2. The topological polar surface area (TPSA) is 33.1 Å². The van der Waals surface area contributed by atoms with Gasteiger partial charge in [-0.05, 0) is 39.5 Å². The Morgan fingerprint density at radius 2 is 2.25 bits per heavy atom. The zero-order valence-corrected chi connectivity index (χ0v) is 10.7. The summed E-state index contributed by atoms with van der Waals surface area (Å²) in [6.45, 7) is 6.51. The lowest BCUT2D eigenvalue weighted by Gasteiger charge is -2.15. The predicted octanol–water partition coefficient (Wildman–Crippen LogP) is 1.24. The van der Waals surface area contributed by atoms with E-state index in [1.165, 1.54) is 18.4 Å². The molecule has 16 heavy (non-hydrogen) atoms. The molecule has 92 valence electrons. The standard InChI is InChI=1S/C12H24N4/c1-4-13-7-5-6-8-15(2)10-12-9-14-16(3)11-12/h9,11,13H,4-8,10H2,1-3H3. The number of unbranched alkanes of at least 4 members (excludes halogenated alkanes) is 1. The molecular formula is C12H24N4. The van der Waals surface area contributed by atoms with E-state index in [2.05, 4.69) is 35.5 Å². The van der Waals surface area contributed by atoms with Gasteiger partial charge < -0.3 is 10.2 Å². The van der Waals surface area contributed by atoms with Gasteiger partial charge in [0.05, 0.1) is 6.20 Å². The number of rotatable bonds is 8. The first kappa shape index (κ1) is 13.2. The first-order valence-corrected chi connectivity index (χ1v) is 6.09. The zero-order chi connectivity index (χ0) is 11.8. The Bertz CT molecular complexity index is 282. The molecule has 1 aromatic rings. The van der Waals surface area contributed by atoms with Gasteiger partial charge in [0.2, 0.25) is 0 Å². The van der Waals surface area contributed by atoms with Gasteiger partial charge in [0.1, 0.15) is 0 Å². The second-order valence-electron chi connectivity index (χ2n) is 4.32. The van der Waals surface area contributed by atoms with Crippen LogP contribution in [0.4, 0.5) is 0 Å². The predicted molar refractivity (Wildman–Crippen MR) is 67.3 cm³/mol. The van der Waals surface area contributed by atoms with E-state index in [1.54, 1.807) is 0 Å². The highest BCUT2D eigenvalue weighted by molar-refractivity contribution is 5.02. The van der Waals surface area contributed by atoms with Gasteiger partial charge in [-0.3, -0.25) is 4.68 Å². The quantitative estimate of drug-likeness (QED) is 0.675. The minimum Gasteiger partial charge on any atom is -0.317 e. The van der Waals surface area contributed by atoms with Crippen LogP contribution in [0.25, 0.3) is 0 Å². The van der Waals surface area contributed by atoms with Gasteiger partial charge in [-0.15, -0.1) is 0 Å². The average molecular weight is 224 g/mol. The summed E-state index contributed by atoms with van der Waals surface area (Å²) < 4.78 is 1.86. The summed E-state index contributed by atoms with van der Waals surface area (Å²) in [5, 5.41) is 7.51. The fraction of sp³-hybridized carbons (Fsp3) is 0.750. The second-order valence-corrected chi connectivity index (χ2v) is 4.32. The molecule has 1 aromatic heterocycles. The van der Waals surface area contributed by atoms with Crippen LogP contribution < -0.4 is 5.32 Å². The molecular weight excluding hydrogens is 200 g/mol. The third-order valence-corrected chi connectivity index (χ3v) is 2.60. The molecule has 0 atom stereocenters. The molecule has 0 saturated heterocycles.